The van der Waals surface area contributed by atoms with E-state index in [1.165, 1.54) is 11.1 Å². The smallest absolute Gasteiger partial charge is 0.0464 e. The van der Waals surface area contributed by atoms with Crippen LogP contribution in [0.25, 0.3) is 12.2 Å². The average Bonchev–Trinajstić information content (AvgIpc) is 2.76. The van der Waals surface area contributed by atoms with Crippen molar-refractivity contribution in [2.24, 2.45) is 0 Å². The lowest BCUT2D eigenvalue weighted by atomic mass is 10.0. The average molecular weight is 396 g/mol. The highest BCUT2D eigenvalue weighted by molar-refractivity contribution is 6.30. The summed E-state index contributed by atoms with van der Waals surface area (Å²) >= 11 is 5.97. The SMILES string of the molecule is Cc1cc(N(c2ccccc2)c2ccccc2)ccc1C=Cc1ccc(Cl)cc1. The fraction of sp³-hybridized carbons (Fsp3) is 0.0370. The van der Waals surface area contributed by atoms with Crippen LogP contribution in [0.3, 0.4) is 0 Å². The fourth-order valence-electron chi connectivity index (χ4n) is 3.35. The highest BCUT2D eigenvalue weighted by Gasteiger charge is 2.12. The van der Waals surface area contributed by atoms with Gasteiger partial charge in [-0.3, -0.25) is 0 Å². The molecule has 1 nitrogen and oxygen atoms in total. The zero-order valence-corrected chi connectivity index (χ0v) is 17.1. The summed E-state index contributed by atoms with van der Waals surface area (Å²) in [6.07, 6.45) is 4.27. The quantitative estimate of drug-likeness (QED) is 0.307. The third-order valence-corrected chi connectivity index (χ3v) is 5.12. The normalized spacial score (nSPS) is 11.0. The molecule has 0 aliphatic rings. The Morgan fingerprint density at radius 1 is 0.621 bits per heavy atom. The van der Waals surface area contributed by atoms with Gasteiger partial charge in [0.05, 0.1) is 0 Å². The van der Waals surface area contributed by atoms with E-state index in [4.69, 9.17) is 11.6 Å². The summed E-state index contributed by atoms with van der Waals surface area (Å²) < 4.78 is 0. The van der Waals surface area contributed by atoms with Gasteiger partial charge in [-0.25, -0.2) is 0 Å². The van der Waals surface area contributed by atoms with Gasteiger partial charge in [-0.2, -0.15) is 0 Å². The molecule has 0 saturated heterocycles. The number of aryl methyl sites for hydroxylation is 1. The van der Waals surface area contributed by atoms with E-state index in [2.05, 4.69) is 90.7 Å². The lowest BCUT2D eigenvalue weighted by Crippen LogP contribution is -2.09. The minimum absolute atomic E-state index is 0.754. The molecule has 142 valence electrons. The van der Waals surface area contributed by atoms with E-state index in [1.54, 1.807) is 0 Å². The van der Waals surface area contributed by atoms with Crippen LogP contribution in [0.15, 0.2) is 103 Å². The molecule has 4 rings (SSSR count). The van der Waals surface area contributed by atoms with Gasteiger partial charge in [0.1, 0.15) is 0 Å². The molecular weight excluding hydrogens is 374 g/mol. The first-order chi connectivity index (χ1) is 14.2. The topological polar surface area (TPSA) is 3.24 Å². The first-order valence-corrected chi connectivity index (χ1v) is 10.0. The molecule has 0 N–H and O–H groups in total. The number of hydrogen-bond donors (Lipinski definition) is 0. The molecule has 0 radical (unpaired) electrons. The molecule has 0 aliphatic carbocycles. The molecule has 0 heterocycles. The third-order valence-electron chi connectivity index (χ3n) is 4.87. The second kappa shape index (κ2) is 8.81. The van der Waals surface area contributed by atoms with Gasteiger partial charge in [0, 0.05) is 22.1 Å². The number of halogens is 1. The Hall–Kier alpha value is -3.29. The molecule has 0 aromatic heterocycles. The first-order valence-electron chi connectivity index (χ1n) is 9.65. The van der Waals surface area contributed by atoms with Crippen LogP contribution in [-0.4, -0.2) is 0 Å². The Balaban J connectivity index is 1.68. The van der Waals surface area contributed by atoms with Crippen molar-refractivity contribution in [2.45, 2.75) is 6.92 Å². The minimum Gasteiger partial charge on any atom is -0.310 e. The van der Waals surface area contributed by atoms with E-state index in [1.807, 2.05) is 36.4 Å². The van der Waals surface area contributed by atoms with Gasteiger partial charge in [0.15, 0.2) is 0 Å². The lowest BCUT2D eigenvalue weighted by molar-refractivity contribution is 1.27. The number of benzene rings is 4. The van der Waals surface area contributed by atoms with Crippen LogP contribution in [0.1, 0.15) is 16.7 Å². The fourth-order valence-corrected chi connectivity index (χ4v) is 3.47. The van der Waals surface area contributed by atoms with Crippen molar-refractivity contribution in [2.75, 3.05) is 4.90 Å². The molecule has 4 aromatic carbocycles. The van der Waals surface area contributed by atoms with Gasteiger partial charge in [-0.15, -0.1) is 0 Å². The summed E-state index contributed by atoms with van der Waals surface area (Å²) in [5.41, 5.74) is 6.98. The highest BCUT2D eigenvalue weighted by atomic mass is 35.5. The minimum atomic E-state index is 0.754. The molecule has 0 unspecified atom stereocenters. The van der Waals surface area contributed by atoms with Crippen LogP contribution in [0.5, 0.6) is 0 Å². The maximum atomic E-state index is 5.97. The summed E-state index contributed by atoms with van der Waals surface area (Å²) in [6.45, 7) is 2.15. The number of nitrogens with zero attached hydrogens (tertiary/aromatic N) is 1. The molecule has 0 atom stereocenters. The molecular formula is C27H22ClN. The van der Waals surface area contributed by atoms with Crippen LogP contribution in [0.4, 0.5) is 17.1 Å². The van der Waals surface area contributed by atoms with Crippen molar-refractivity contribution < 1.29 is 0 Å². The largest absolute Gasteiger partial charge is 0.310 e. The van der Waals surface area contributed by atoms with Crippen molar-refractivity contribution in [1.82, 2.24) is 0 Å². The summed E-state index contributed by atoms with van der Waals surface area (Å²) in [6, 6.07) is 35.4. The standard InChI is InChI=1S/C27H22ClN/c1-21-20-27(19-16-23(21)15-12-22-13-17-24(28)18-14-22)29(25-8-4-2-5-9-25)26-10-6-3-7-11-26/h2-20H,1H3. The Labute approximate surface area is 177 Å². The van der Waals surface area contributed by atoms with E-state index >= 15 is 0 Å². The van der Waals surface area contributed by atoms with Gasteiger partial charge in [-0.1, -0.05) is 78.4 Å². The maximum absolute atomic E-state index is 5.97. The van der Waals surface area contributed by atoms with Crippen molar-refractivity contribution in [1.29, 1.82) is 0 Å². The van der Waals surface area contributed by atoms with Crippen LogP contribution < -0.4 is 4.90 Å². The molecule has 0 spiro atoms. The van der Waals surface area contributed by atoms with E-state index in [-0.39, 0.29) is 0 Å². The van der Waals surface area contributed by atoms with E-state index in [0.29, 0.717) is 0 Å². The predicted molar refractivity (Wildman–Crippen MR) is 126 cm³/mol. The third kappa shape index (κ3) is 4.59. The Morgan fingerprint density at radius 3 is 1.76 bits per heavy atom. The van der Waals surface area contributed by atoms with Crippen LogP contribution in [-0.2, 0) is 0 Å². The van der Waals surface area contributed by atoms with E-state index < -0.39 is 0 Å². The van der Waals surface area contributed by atoms with Crippen LogP contribution in [0.2, 0.25) is 5.02 Å². The molecule has 0 bridgehead atoms. The highest BCUT2D eigenvalue weighted by Crippen LogP contribution is 2.35. The number of para-hydroxylation sites is 2. The van der Waals surface area contributed by atoms with Gasteiger partial charge in [0.25, 0.3) is 0 Å². The Morgan fingerprint density at radius 2 is 1.21 bits per heavy atom. The predicted octanol–water partition coefficient (Wildman–Crippen LogP) is 8.29. The zero-order chi connectivity index (χ0) is 20.1. The lowest BCUT2D eigenvalue weighted by Gasteiger charge is -2.26. The molecule has 0 aliphatic heterocycles. The van der Waals surface area contributed by atoms with Crippen molar-refractivity contribution in [3.8, 4) is 0 Å². The molecule has 4 aromatic rings. The number of anilines is 3. The van der Waals surface area contributed by atoms with Gasteiger partial charge >= 0.3 is 0 Å². The molecule has 0 amide bonds. The van der Waals surface area contributed by atoms with Gasteiger partial charge in [0.2, 0.25) is 0 Å². The van der Waals surface area contributed by atoms with Crippen molar-refractivity contribution >= 4 is 40.8 Å². The zero-order valence-electron chi connectivity index (χ0n) is 16.3. The second-order valence-corrected chi connectivity index (χ2v) is 7.37. The van der Waals surface area contributed by atoms with Gasteiger partial charge < -0.3 is 4.90 Å². The Kier molecular flexibility index (Phi) is 5.79. The number of hydrogen-bond acceptors (Lipinski definition) is 1. The summed E-state index contributed by atoms with van der Waals surface area (Å²) in [7, 11) is 0. The maximum Gasteiger partial charge on any atom is 0.0464 e. The van der Waals surface area contributed by atoms with Gasteiger partial charge in [-0.05, 0) is 72.1 Å². The Bertz CT molecular complexity index is 1060. The molecule has 0 saturated carbocycles. The molecule has 29 heavy (non-hydrogen) atoms. The summed E-state index contributed by atoms with van der Waals surface area (Å²) in [4.78, 5) is 2.28. The first kappa shape index (κ1) is 19.0. The van der Waals surface area contributed by atoms with E-state index in [0.717, 1.165) is 27.6 Å². The van der Waals surface area contributed by atoms with Crippen LogP contribution >= 0.6 is 11.6 Å². The van der Waals surface area contributed by atoms with Crippen LogP contribution in [0, 0.1) is 6.92 Å². The summed E-state index contributed by atoms with van der Waals surface area (Å²) in [5, 5.41) is 0.754. The van der Waals surface area contributed by atoms with E-state index in [9.17, 15) is 0 Å². The number of rotatable bonds is 5. The monoisotopic (exact) mass is 395 g/mol. The molecule has 2 heteroatoms. The summed E-state index contributed by atoms with van der Waals surface area (Å²) in [5.74, 6) is 0. The van der Waals surface area contributed by atoms with Crippen molar-refractivity contribution in [3.05, 3.63) is 125 Å². The molecule has 0 fully saturated rings. The second-order valence-electron chi connectivity index (χ2n) is 6.93. The van der Waals surface area contributed by atoms with Crippen molar-refractivity contribution in [3.63, 3.8) is 0 Å².